The molecule has 0 saturated carbocycles. The Morgan fingerprint density at radius 1 is 1.19 bits per heavy atom. The summed E-state index contributed by atoms with van der Waals surface area (Å²) in [6.07, 6.45) is 3.25. The molecule has 2 atom stereocenters. The van der Waals surface area contributed by atoms with Gasteiger partial charge in [-0.1, -0.05) is 23.9 Å². The van der Waals surface area contributed by atoms with Gasteiger partial charge in [-0.15, -0.1) is 10.2 Å². The third kappa shape index (κ3) is 3.08. The van der Waals surface area contributed by atoms with E-state index in [2.05, 4.69) is 20.6 Å². The molecule has 1 aliphatic heterocycles. The standard InChI is InChI=1S/C16H12N6O4S/c23-15(24)13-12(9-1-3-11(4-2-9)22(25)26)20-21-14(18-19-16(21)27-13)10-5-7-17-8-6-10/h1-8,12-13,20H,(H,23,24). The lowest BCUT2D eigenvalue weighted by atomic mass is 10.0. The number of fused-ring (bicyclic) bond motifs is 1. The zero-order chi connectivity index (χ0) is 19.0. The van der Waals surface area contributed by atoms with Gasteiger partial charge >= 0.3 is 5.97 Å². The van der Waals surface area contributed by atoms with Crippen LogP contribution in [0.15, 0.2) is 53.9 Å². The zero-order valence-electron chi connectivity index (χ0n) is 13.6. The van der Waals surface area contributed by atoms with Gasteiger partial charge in [0, 0.05) is 30.1 Å². The van der Waals surface area contributed by atoms with E-state index in [0.717, 1.165) is 17.3 Å². The molecule has 0 aliphatic carbocycles. The molecule has 2 N–H and O–H groups in total. The van der Waals surface area contributed by atoms with Gasteiger partial charge in [-0.3, -0.25) is 19.9 Å². The number of hydrogen-bond acceptors (Lipinski definition) is 8. The molecule has 0 fully saturated rings. The van der Waals surface area contributed by atoms with E-state index >= 15 is 0 Å². The van der Waals surface area contributed by atoms with Gasteiger partial charge in [0.15, 0.2) is 5.82 Å². The van der Waals surface area contributed by atoms with Crippen LogP contribution in [0.1, 0.15) is 11.6 Å². The topological polar surface area (TPSA) is 136 Å². The number of thioether (sulfide) groups is 1. The Balaban J connectivity index is 1.74. The summed E-state index contributed by atoms with van der Waals surface area (Å²) in [5, 5.41) is 28.3. The van der Waals surface area contributed by atoms with Crippen LogP contribution in [0.2, 0.25) is 0 Å². The fourth-order valence-corrected chi connectivity index (χ4v) is 3.80. The number of benzene rings is 1. The molecule has 3 aromatic rings. The third-order valence-corrected chi connectivity index (χ3v) is 5.28. The summed E-state index contributed by atoms with van der Waals surface area (Å²) in [6, 6.07) is 8.72. The average Bonchev–Trinajstić information content (AvgIpc) is 3.10. The highest BCUT2D eigenvalue weighted by Crippen LogP contribution is 2.38. The average molecular weight is 384 g/mol. The van der Waals surface area contributed by atoms with Crippen molar-refractivity contribution in [2.75, 3.05) is 5.43 Å². The van der Waals surface area contributed by atoms with Gasteiger partial charge in [0.25, 0.3) is 5.69 Å². The first-order valence-corrected chi connectivity index (χ1v) is 8.69. The van der Waals surface area contributed by atoms with Crippen LogP contribution in [0.25, 0.3) is 11.4 Å². The number of nitrogens with one attached hydrogen (secondary N) is 1. The van der Waals surface area contributed by atoms with Crippen LogP contribution in [0.5, 0.6) is 0 Å². The Morgan fingerprint density at radius 3 is 2.52 bits per heavy atom. The highest BCUT2D eigenvalue weighted by molar-refractivity contribution is 8.00. The minimum absolute atomic E-state index is 0.0588. The largest absolute Gasteiger partial charge is 0.480 e. The van der Waals surface area contributed by atoms with Crippen LogP contribution < -0.4 is 5.43 Å². The predicted octanol–water partition coefficient (Wildman–Crippen LogP) is 2.09. The van der Waals surface area contributed by atoms with Gasteiger partial charge in [-0.2, -0.15) is 0 Å². The lowest BCUT2D eigenvalue weighted by molar-refractivity contribution is -0.384. The summed E-state index contributed by atoms with van der Waals surface area (Å²) < 4.78 is 1.63. The summed E-state index contributed by atoms with van der Waals surface area (Å²) >= 11 is 1.07. The Hall–Kier alpha value is -3.47. The first-order valence-electron chi connectivity index (χ1n) is 7.81. The van der Waals surface area contributed by atoms with Gasteiger partial charge in [0.1, 0.15) is 5.25 Å². The predicted molar refractivity (Wildman–Crippen MR) is 95.7 cm³/mol. The maximum absolute atomic E-state index is 11.8. The maximum Gasteiger partial charge on any atom is 0.319 e. The van der Waals surface area contributed by atoms with Gasteiger partial charge < -0.3 is 10.5 Å². The summed E-state index contributed by atoms with van der Waals surface area (Å²) in [5.41, 5.74) is 4.46. The highest BCUT2D eigenvalue weighted by Gasteiger charge is 2.38. The van der Waals surface area contributed by atoms with Crippen LogP contribution in [-0.2, 0) is 4.79 Å². The van der Waals surface area contributed by atoms with Crippen molar-refractivity contribution in [3.63, 3.8) is 0 Å². The molecule has 10 nitrogen and oxygen atoms in total. The molecular formula is C16H12N6O4S. The second-order valence-corrected chi connectivity index (χ2v) is 6.82. The van der Waals surface area contributed by atoms with Crippen LogP contribution >= 0.6 is 11.8 Å². The SMILES string of the molecule is O=C(O)C1Sc2nnc(-c3ccncc3)n2NC1c1ccc([N+](=O)[O-])cc1. The van der Waals surface area contributed by atoms with Gasteiger partial charge in [-0.25, -0.2) is 4.68 Å². The maximum atomic E-state index is 11.8. The molecule has 4 rings (SSSR count). The second-order valence-electron chi connectivity index (χ2n) is 5.71. The van der Waals surface area contributed by atoms with Crippen LogP contribution in [0.3, 0.4) is 0 Å². The molecule has 11 heteroatoms. The van der Waals surface area contributed by atoms with Crippen molar-refractivity contribution < 1.29 is 14.8 Å². The number of rotatable bonds is 4. The molecule has 136 valence electrons. The zero-order valence-corrected chi connectivity index (χ0v) is 14.4. The lowest BCUT2D eigenvalue weighted by Gasteiger charge is -2.31. The van der Waals surface area contributed by atoms with E-state index in [1.807, 2.05) is 0 Å². The quantitative estimate of drug-likeness (QED) is 0.512. The molecule has 27 heavy (non-hydrogen) atoms. The number of aromatic nitrogens is 4. The van der Waals surface area contributed by atoms with Crippen molar-refractivity contribution in [1.82, 2.24) is 19.9 Å². The van der Waals surface area contributed by atoms with Gasteiger partial charge in [0.2, 0.25) is 5.16 Å². The number of pyridine rings is 1. The number of nitro benzene ring substituents is 1. The van der Waals surface area contributed by atoms with Crippen molar-refractivity contribution in [2.24, 2.45) is 0 Å². The van der Waals surface area contributed by atoms with E-state index in [0.29, 0.717) is 16.5 Å². The van der Waals surface area contributed by atoms with E-state index in [9.17, 15) is 20.0 Å². The third-order valence-electron chi connectivity index (χ3n) is 4.08. The lowest BCUT2D eigenvalue weighted by Crippen LogP contribution is -2.38. The van der Waals surface area contributed by atoms with Crippen molar-refractivity contribution in [1.29, 1.82) is 0 Å². The minimum Gasteiger partial charge on any atom is -0.480 e. The molecule has 3 heterocycles. The Labute approximate surface area is 156 Å². The minimum atomic E-state index is -1.02. The molecule has 0 bridgehead atoms. The normalized spacial score (nSPS) is 18.4. The van der Waals surface area contributed by atoms with E-state index < -0.39 is 22.2 Å². The molecule has 2 unspecified atom stereocenters. The van der Waals surface area contributed by atoms with E-state index in [1.54, 1.807) is 41.3 Å². The fourth-order valence-electron chi connectivity index (χ4n) is 2.78. The first kappa shape index (κ1) is 17.0. The molecule has 0 radical (unpaired) electrons. The number of carboxylic acid groups (broad SMARTS) is 1. The van der Waals surface area contributed by atoms with Crippen molar-refractivity contribution in [3.8, 4) is 11.4 Å². The highest BCUT2D eigenvalue weighted by atomic mass is 32.2. The summed E-state index contributed by atoms with van der Waals surface area (Å²) in [5.74, 6) is -0.494. The molecule has 1 aliphatic rings. The summed E-state index contributed by atoms with van der Waals surface area (Å²) in [7, 11) is 0. The number of hydrogen-bond donors (Lipinski definition) is 2. The molecular weight excluding hydrogens is 372 g/mol. The summed E-state index contributed by atoms with van der Waals surface area (Å²) in [4.78, 5) is 26.1. The number of nitrogens with zero attached hydrogens (tertiary/aromatic N) is 5. The number of carboxylic acids is 1. The van der Waals surface area contributed by atoms with Crippen LogP contribution in [-0.4, -0.2) is 41.1 Å². The Kier molecular flexibility index (Phi) is 4.20. The van der Waals surface area contributed by atoms with E-state index in [-0.39, 0.29) is 5.69 Å². The van der Waals surface area contributed by atoms with Crippen molar-refractivity contribution in [2.45, 2.75) is 16.4 Å². The van der Waals surface area contributed by atoms with Gasteiger partial charge in [0.05, 0.1) is 11.0 Å². The number of aliphatic carboxylic acids is 1. The number of carbonyl (C=O) groups is 1. The molecule has 2 aromatic heterocycles. The van der Waals surface area contributed by atoms with Gasteiger partial charge in [-0.05, 0) is 17.7 Å². The molecule has 0 spiro atoms. The van der Waals surface area contributed by atoms with Crippen LogP contribution in [0.4, 0.5) is 5.69 Å². The fraction of sp³-hybridized carbons (Fsp3) is 0.125. The van der Waals surface area contributed by atoms with Crippen LogP contribution in [0, 0.1) is 10.1 Å². The van der Waals surface area contributed by atoms with E-state index in [4.69, 9.17) is 0 Å². The number of non-ortho nitro benzene ring substituents is 1. The Morgan fingerprint density at radius 2 is 1.89 bits per heavy atom. The van der Waals surface area contributed by atoms with Crippen molar-refractivity contribution in [3.05, 3.63) is 64.5 Å². The second kappa shape index (κ2) is 6.68. The molecule has 1 aromatic carbocycles. The number of nitro groups is 1. The molecule has 0 amide bonds. The molecule has 0 saturated heterocycles. The Bertz CT molecular complexity index is 1010. The van der Waals surface area contributed by atoms with Crippen molar-refractivity contribution >= 4 is 23.4 Å². The van der Waals surface area contributed by atoms with E-state index in [1.165, 1.54) is 12.1 Å². The smallest absolute Gasteiger partial charge is 0.319 e. The monoisotopic (exact) mass is 384 g/mol. The first-order chi connectivity index (χ1) is 13.0. The summed E-state index contributed by atoms with van der Waals surface area (Å²) in [6.45, 7) is 0.